The third-order valence-electron chi connectivity index (χ3n) is 3.19. The zero-order chi connectivity index (χ0) is 13.0. The van der Waals surface area contributed by atoms with Gasteiger partial charge in [0, 0.05) is 0 Å². The van der Waals surface area contributed by atoms with Crippen LogP contribution in [0.25, 0.3) is 0 Å². The first-order valence-electron chi connectivity index (χ1n) is 6.13. The summed E-state index contributed by atoms with van der Waals surface area (Å²) in [5.74, 6) is -0.363. The molecule has 1 saturated heterocycles. The van der Waals surface area contributed by atoms with Gasteiger partial charge in [-0.15, -0.1) is 0 Å². The zero-order valence-corrected chi connectivity index (χ0v) is 10.5. The first-order valence-corrected chi connectivity index (χ1v) is 6.13. The fourth-order valence-corrected chi connectivity index (χ4v) is 1.91. The minimum Gasteiger partial charge on any atom is -0.459 e. The van der Waals surface area contributed by atoms with Gasteiger partial charge in [0.2, 0.25) is 0 Å². The highest BCUT2D eigenvalue weighted by Gasteiger charge is 2.39. The molecule has 1 heterocycles. The highest BCUT2D eigenvalue weighted by molar-refractivity contribution is 5.79. The second-order valence-corrected chi connectivity index (χ2v) is 4.80. The van der Waals surface area contributed by atoms with E-state index in [0.717, 1.165) is 5.56 Å². The Labute approximate surface area is 107 Å². The summed E-state index contributed by atoms with van der Waals surface area (Å²) >= 11 is 0. The van der Waals surface area contributed by atoms with E-state index in [2.05, 4.69) is 0 Å². The second kappa shape index (κ2) is 5.50. The summed E-state index contributed by atoms with van der Waals surface area (Å²) < 4.78 is 10.7. The van der Waals surface area contributed by atoms with Crippen molar-refractivity contribution in [2.24, 2.45) is 0 Å². The summed E-state index contributed by atoms with van der Waals surface area (Å²) in [6.07, 6.45) is 0.582. The van der Waals surface area contributed by atoms with Crippen LogP contribution in [0.3, 0.4) is 0 Å². The van der Waals surface area contributed by atoms with Crippen molar-refractivity contribution < 1.29 is 19.4 Å². The van der Waals surface area contributed by atoms with Crippen LogP contribution in [0.4, 0.5) is 0 Å². The molecule has 0 bridgehead atoms. The van der Waals surface area contributed by atoms with Crippen LogP contribution < -0.4 is 0 Å². The van der Waals surface area contributed by atoms with Gasteiger partial charge in [-0.1, -0.05) is 30.3 Å². The van der Waals surface area contributed by atoms with Gasteiger partial charge in [-0.25, -0.2) is 4.79 Å². The molecule has 0 aromatic heterocycles. The van der Waals surface area contributed by atoms with Gasteiger partial charge in [-0.3, -0.25) is 0 Å². The van der Waals surface area contributed by atoms with Gasteiger partial charge < -0.3 is 14.6 Å². The topological polar surface area (TPSA) is 55.8 Å². The molecule has 1 aromatic rings. The number of rotatable bonds is 3. The number of carbonyl (C=O) groups excluding carboxylic acids is 1. The summed E-state index contributed by atoms with van der Waals surface area (Å²) in [7, 11) is 0. The molecular formula is C14H18O4. The fourth-order valence-electron chi connectivity index (χ4n) is 1.91. The van der Waals surface area contributed by atoms with E-state index in [1.165, 1.54) is 0 Å². The van der Waals surface area contributed by atoms with E-state index in [-0.39, 0.29) is 19.2 Å². The Morgan fingerprint density at radius 1 is 1.50 bits per heavy atom. The molecular weight excluding hydrogens is 232 g/mol. The molecule has 98 valence electrons. The molecule has 1 aromatic carbocycles. The predicted octanol–water partition coefficient (Wildman–Crippen LogP) is 1.66. The molecule has 4 nitrogen and oxygen atoms in total. The Balaban J connectivity index is 1.88. The number of hydrogen-bond donors (Lipinski definition) is 1. The highest BCUT2D eigenvalue weighted by atomic mass is 16.6. The van der Waals surface area contributed by atoms with Gasteiger partial charge in [-0.05, 0) is 25.3 Å². The molecule has 1 aliphatic heterocycles. The van der Waals surface area contributed by atoms with Gasteiger partial charge in [0.25, 0.3) is 0 Å². The monoisotopic (exact) mass is 250 g/mol. The number of ether oxygens (including phenoxy) is 2. The molecule has 0 radical (unpaired) electrons. The Hall–Kier alpha value is -1.39. The molecule has 1 aliphatic rings. The van der Waals surface area contributed by atoms with E-state index < -0.39 is 11.7 Å². The second-order valence-electron chi connectivity index (χ2n) is 4.80. The fraction of sp³-hybridized carbons (Fsp3) is 0.500. The van der Waals surface area contributed by atoms with E-state index in [1.54, 1.807) is 6.92 Å². The predicted molar refractivity (Wildman–Crippen MR) is 65.8 cm³/mol. The van der Waals surface area contributed by atoms with Crippen molar-refractivity contribution in [3.8, 4) is 0 Å². The first-order chi connectivity index (χ1) is 8.60. The molecule has 2 unspecified atom stereocenters. The van der Waals surface area contributed by atoms with Gasteiger partial charge in [0.05, 0.1) is 12.7 Å². The van der Waals surface area contributed by atoms with E-state index in [0.29, 0.717) is 12.8 Å². The van der Waals surface area contributed by atoms with Crippen LogP contribution in [0, 0.1) is 0 Å². The first kappa shape index (κ1) is 13.1. The Bertz CT molecular complexity index is 394. The van der Waals surface area contributed by atoms with Crippen molar-refractivity contribution >= 4 is 5.97 Å². The van der Waals surface area contributed by atoms with Crippen LogP contribution in [0.15, 0.2) is 30.3 Å². The molecule has 2 atom stereocenters. The van der Waals surface area contributed by atoms with E-state index in [1.807, 2.05) is 30.3 Å². The summed E-state index contributed by atoms with van der Waals surface area (Å²) in [4.78, 5) is 12.0. The van der Waals surface area contributed by atoms with E-state index >= 15 is 0 Å². The van der Waals surface area contributed by atoms with Gasteiger partial charge in [0.1, 0.15) is 6.61 Å². The minimum absolute atomic E-state index is 0.191. The molecule has 0 saturated carbocycles. The molecule has 1 fully saturated rings. The third kappa shape index (κ3) is 3.09. The number of aliphatic hydroxyl groups is 1. The summed E-state index contributed by atoms with van der Waals surface area (Å²) in [5.41, 5.74) is 0.0267. The van der Waals surface area contributed by atoms with Crippen LogP contribution >= 0.6 is 0 Å². The van der Waals surface area contributed by atoms with Crippen molar-refractivity contribution in [3.63, 3.8) is 0 Å². The Morgan fingerprint density at radius 2 is 2.22 bits per heavy atom. The molecule has 2 rings (SSSR count). The maximum absolute atomic E-state index is 12.0. The lowest BCUT2D eigenvalue weighted by Crippen LogP contribution is -2.46. The smallest absolute Gasteiger partial charge is 0.338 e. The lowest BCUT2D eigenvalue weighted by atomic mass is 9.95. The Morgan fingerprint density at radius 3 is 2.83 bits per heavy atom. The molecule has 0 spiro atoms. The number of hydrogen-bond acceptors (Lipinski definition) is 4. The van der Waals surface area contributed by atoms with Crippen LogP contribution in [0.5, 0.6) is 0 Å². The van der Waals surface area contributed by atoms with Crippen molar-refractivity contribution in [1.82, 2.24) is 0 Å². The zero-order valence-electron chi connectivity index (χ0n) is 10.5. The number of aliphatic hydroxyl groups excluding tert-OH is 1. The molecule has 4 heteroatoms. The van der Waals surface area contributed by atoms with E-state index in [4.69, 9.17) is 9.47 Å². The van der Waals surface area contributed by atoms with Gasteiger partial charge >= 0.3 is 5.97 Å². The maximum atomic E-state index is 12.0. The van der Waals surface area contributed by atoms with Crippen molar-refractivity contribution in [2.45, 2.75) is 38.1 Å². The average molecular weight is 250 g/mol. The summed E-state index contributed by atoms with van der Waals surface area (Å²) in [6.45, 7) is 2.16. The quantitative estimate of drug-likeness (QED) is 0.829. The average Bonchev–Trinajstić information content (AvgIpc) is 2.41. The van der Waals surface area contributed by atoms with Crippen LogP contribution in [-0.4, -0.2) is 29.4 Å². The molecule has 1 N–H and O–H groups in total. The SMILES string of the molecule is CC1(C(=O)OCc2ccccc2)CCC(O)CO1. The minimum atomic E-state index is -0.923. The van der Waals surface area contributed by atoms with E-state index in [9.17, 15) is 9.90 Å². The number of carbonyl (C=O) groups is 1. The maximum Gasteiger partial charge on any atom is 0.338 e. The summed E-state index contributed by atoms with van der Waals surface area (Å²) in [6, 6.07) is 9.52. The van der Waals surface area contributed by atoms with Crippen LogP contribution in [0.2, 0.25) is 0 Å². The van der Waals surface area contributed by atoms with Crippen molar-refractivity contribution in [3.05, 3.63) is 35.9 Å². The lowest BCUT2D eigenvalue weighted by Gasteiger charge is -2.33. The van der Waals surface area contributed by atoms with Crippen LogP contribution in [-0.2, 0) is 20.9 Å². The van der Waals surface area contributed by atoms with Gasteiger partial charge in [0.15, 0.2) is 5.60 Å². The lowest BCUT2D eigenvalue weighted by molar-refractivity contribution is -0.184. The number of esters is 1. The van der Waals surface area contributed by atoms with Crippen molar-refractivity contribution in [1.29, 1.82) is 0 Å². The number of benzene rings is 1. The Kier molecular flexibility index (Phi) is 3.99. The molecule has 0 aliphatic carbocycles. The highest BCUT2D eigenvalue weighted by Crippen LogP contribution is 2.26. The molecule has 0 amide bonds. The van der Waals surface area contributed by atoms with Crippen LogP contribution in [0.1, 0.15) is 25.3 Å². The molecule has 18 heavy (non-hydrogen) atoms. The summed E-state index contributed by atoms with van der Waals surface area (Å²) in [5, 5.41) is 9.35. The third-order valence-corrected chi connectivity index (χ3v) is 3.19. The largest absolute Gasteiger partial charge is 0.459 e. The normalized spacial score (nSPS) is 27.8. The standard InChI is InChI=1S/C14H18O4/c1-14(8-7-12(15)10-18-14)13(16)17-9-11-5-3-2-4-6-11/h2-6,12,15H,7-10H2,1H3. The van der Waals surface area contributed by atoms with Gasteiger partial charge in [-0.2, -0.15) is 0 Å². The van der Waals surface area contributed by atoms with Crippen molar-refractivity contribution in [2.75, 3.05) is 6.61 Å².